The maximum atomic E-state index is 12.6. The maximum absolute atomic E-state index is 12.6. The van der Waals surface area contributed by atoms with E-state index in [1.807, 2.05) is 12.1 Å². The molecule has 7 nitrogen and oxygen atoms in total. The minimum absolute atomic E-state index is 0. The molecule has 0 spiro atoms. The highest BCUT2D eigenvalue weighted by molar-refractivity contribution is 14.0. The minimum Gasteiger partial charge on any atom is -0.376 e. The van der Waals surface area contributed by atoms with Crippen molar-refractivity contribution in [2.24, 2.45) is 4.99 Å². The fourth-order valence-corrected chi connectivity index (χ4v) is 5.58. The summed E-state index contributed by atoms with van der Waals surface area (Å²) >= 11 is 0. The molecule has 9 heteroatoms. The van der Waals surface area contributed by atoms with Gasteiger partial charge in [0.1, 0.15) is 0 Å². The van der Waals surface area contributed by atoms with E-state index in [0.29, 0.717) is 49.7 Å². The van der Waals surface area contributed by atoms with E-state index in [2.05, 4.69) is 15.6 Å². The highest BCUT2D eigenvalue weighted by atomic mass is 127. The number of nitrogens with zero attached hydrogens (tertiary/aromatic N) is 2. The number of sulfonamides is 1. The van der Waals surface area contributed by atoms with Crippen molar-refractivity contribution >= 4 is 40.0 Å². The lowest BCUT2D eigenvalue weighted by Gasteiger charge is -2.17. The van der Waals surface area contributed by atoms with E-state index >= 15 is 0 Å². The highest BCUT2D eigenvalue weighted by Crippen LogP contribution is 2.21. The molecule has 1 heterocycles. The predicted molar refractivity (Wildman–Crippen MR) is 135 cm³/mol. The first-order valence-corrected chi connectivity index (χ1v) is 12.7. The first-order chi connectivity index (χ1) is 14.6. The monoisotopic (exact) mass is 564 g/mol. The van der Waals surface area contributed by atoms with Crippen LogP contribution in [-0.2, 0) is 21.3 Å². The molecule has 1 aliphatic heterocycles. The van der Waals surface area contributed by atoms with Gasteiger partial charge in [0.15, 0.2) is 5.96 Å². The lowest BCUT2D eigenvalue weighted by Crippen LogP contribution is -2.38. The van der Waals surface area contributed by atoms with Crippen LogP contribution in [0.15, 0.2) is 34.2 Å². The number of halogens is 1. The molecule has 2 N–H and O–H groups in total. The lowest BCUT2D eigenvalue weighted by molar-refractivity contribution is 0.0468. The van der Waals surface area contributed by atoms with Crippen LogP contribution in [0.3, 0.4) is 0 Å². The van der Waals surface area contributed by atoms with Crippen LogP contribution >= 0.6 is 24.0 Å². The van der Waals surface area contributed by atoms with Gasteiger partial charge in [0.25, 0.3) is 0 Å². The number of rotatable bonds is 8. The molecular weight excluding hydrogens is 527 g/mol. The Morgan fingerprint density at radius 1 is 1.03 bits per heavy atom. The second-order valence-electron chi connectivity index (χ2n) is 8.09. The fraction of sp³-hybridized carbons (Fsp3) is 0.682. The fourth-order valence-electron chi connectivity index (χ4n) is 4.07. The molecule has 1 aromatic rings. The lowest BCUT2D eigenvalue weighted by atomic mass is 10.1. The minimum atomic E-state index is -3.36. The summed E-state index contributed by atoms with van der Waals surface area (Å²) in [4.78, 5) is 4.61. The van der Waals surface area contributed by atoms with Crippen molar-refractivity contribution in [1.29, 1.82) is 0 Å². The topological polar surface area (TPSA) is 83.0 Å². The van der Waals surface area contributed by atoms with Crippen LogP contribution in [0.4, 0.5) is 0 Å². The van der Waals surface area contributed by atoms with Crippen molar-refractivity contribution in [1.82, 2.24) is 14.9 Å². The number of aliphatic imine (C=N–C) groups is 1. The molecule has 1 aromatic carbocycles. The van der Waals surface area contributed by atoms with Crippen molar-refractivity contribution < 1.29 is 13.2 Å². The molecule has 0 aromatic heterocycles. The summed E-state index contributed by atoms with van der Waals surface area (Å²) in [6.45, 7) is 3.21. The summed E-state index contributed by atoms with van der Waals surface area (Å²) in [6.07, 6.45) is 9.86. The van der Waals surface area contributed by atoms with Crippen molar-refractivity contribution in [3.05, 3.63) is 29.8 Å². The highest BCUT2D eigenvalue weighted by Gasteiger charge is 2.26. The largest absolute Gasteiger partial charge is 0.376 e. The smallest absolute Gasteiger partial charge is 0.243 e. The number of guanidine groups is 1. The number of hydrogen-bond acceptors (Lipinski definition) is 4. The Labute approximate surface area is 204 Å². The van der Waals surface area contributed by atoms with Crippen LogP contribution in [0.2, 0.25) is 0 Å². The number of hydrogen-bond donors (Lipinski definition) is 2. The van der Waals surface area contributed by atoms with E-state index in [9.17, 15) is 8.42 Å². The average Bonchev–Trinajstić information content (AvgIpc) is 3.19. The molecule has 1 saturated heterocycles. The molecule has 0 bridgehead atoms. The molecule has 3 rings (SSSR count). The van der Waals surface area contributed by atoms with Crippen LogP contribution in [0.25, 0.3) is 0 Å². The Morgan fingerprint density at radius 2 is 1.68 bits per heavy atom. The van der Waals surface area contributed by atoms with Gasteiger partial charge in [-0.1, -0.05) is 37.8 Å². The second kappa shape index (κ2) is 13.6. The summed E-state index contributed by atoms with van der Waals surface area (Å²) in [6, 6.07) is 7.11. The normalized spacial score (nSPS) is 18.9. The SMILES string of the molecule is CN=C(NCCOC1CCCCCC1)NCc1ccc(S(=O)(=O)N2CCCC2)cc1.I. The van der Waals surface area contributed by atoms with Gasteiger partial charge < -0.3 is 15.4 Å². The Balaban J connectivity index is 0.00000341. The number of benzene rings is 1. The van der Waals surface area contributed by atoms with E-state index in [1.54, 1.807) is 23.5 Å². The molecule has 176 valence electrons. The van der Waals surface area contributed by atoms with E-state index in [-0.39, 0.29) is 24.0 Å². The average molecular weight is 565 g/mol. The first-order valence-electron chi connectivity index (χ1n) is 11.2. The van der Waals surface area contributed by atoms with E-state index in [0.717, 1.165) is 18.4 Å². The van der Waals surface area contributed by atoms with E-state index in [4.69, 9.17) is 4.74 Å². The van der Waals surface area contributed by atoms with Crippen molar-refractivity contribution in [2.75, 3.05) is 33.3 Å². The van der Waals surface area contributed by atoms with Gasteiger partial charge in [-0.25, -0.2) is 8.42 Å². The van der Waals surface area contributed by atoms with Crippen molar-refractivity contribution in [3.8, 4) is 0 Å². The van der Waals surface area contributed by atoms with Crippen molar-refractivity contribution in [2.45, 2.75) is 68.9 Å². The first kappa shape index (κ1) is 26.3. The predicted octanol–water partition coefficient (Wildman–Crippen LogP) is 3.49. The molecule has 2 fully saturated rings. The van der Waals surface area contributed by atoms with Crippen molar-refractivity contribution in [3.63, 3.8) is 0 Å². The van der Waals surface area contributed by atoms with Crippen LogP contribution in [0, 0.1) is 0 Å². The van der Waals surface area contributed by atoms with Gasteiger partial charge in [-0.15, -0.1) is 24.0 Å². The second-order valence-corrected chi connectivity index (χ2v) is 10.0. The third-order valence-electron chi connectivity index (χ3n) is 5.86. The van der Waals surface area contributed by atoms with Crippen LogP contribution in [0.1, 0.15) is 56.9 Å². The molecule has 1 saturated carbocycles. The third-order valence-corrected chi connectivity index (χ3v) is 7.77. The van der Waals surface area contributed by atoms with E-state index < -0.39 is 10.0 Å². The zero-order valence-electron chi connectivity index (χ0n) is 18.5. The molecule has 1 aliphatic carbocycles. The van der Waals surface area contributed by atoms with Gasteiger partial charge in [-0.2, -0.15) is 4.31 Å². The Bertz CT molecular complexity index is 772. The molecule has 0 unspecified atom stereocenters. The van der Waals surface area contributed by atoms with E-state index in [1.165, 1.54) is 38.5 Å². The van der Waals surface area contributed by atoms with Gasteiger partial charge in [0.05, 0.1) is 17.6 Å². The van der Waals surface area contributed by atoms with Gasteiger partial charge in [-0.3, -0.25) is 4.99 Å². The molecule has 0 amide bonds. The standard InChI is InChI=1S/C22H36N4O3S.HI/c1-23-22(24-14-17-29-20-8-4-2-3-5-9-20)25-18-19-10-12-21(13-11-19)30(27,28)26-15-6-7-16-26;/h10-13,20H,2-9,14-18H2,1H3,(H2,23,24,25);1H. The summed E-state index contributed by atoms with van der Waals surface area (Å²) in [7, 11) is -1.61. The van der Waals surface area contributed by atoms with Gasteiger partial charge in [0.2, 0.25) is 10.0 Å². The zero-order chi connectivity index (χ0) is 21.2. The number of nitrogens with one attached hydrogen (secondary N) is 2. The summed E-state index contributed by atoms with van der Waals surface area (Å²) < 4.78 is 32.8. The van der Waals surface area contributed by atoms with Gasteiger partial charge in [0, 0.05) is 33.2 Å². The summed E-state index contributed by atoms with van der Waals surface area (Å²) in [5.41, 5.74) is 1.01. The van der Waals surface area contributed by atoms with Crippen LogP contribution < -0.4 is 10.6 Å². The maximum Gasteiger partial charge on any atom is 0.243 e. The summed E-state index contributed by atoms with van der Waals surface area (Å²) in [5.74, 6) is 0.716. The summed E-state index contributed by atoms with van der Waals surface area (Å²) in [5, 5.41) is 6.55. The Kier molecular flexibility index (Phi) is 11.6. The van der Waals surface area contributed by atoms with Crippen LogP contribution in [-0.4, -0.2) is 58.1 Å². The number of ether oxygens (including phenoxy) is 1. The quantitative estimate of drug-likeness (QED) is 0.166. The molecule has 2 aliphatic rings. The van der Waals surface area contributed by atoms with Gasteiger partial charge in [-0.05, 0) is 43.4 Å². The molecule has 31 heavy (non-hydrogen) atoms. The Hall–Kier alpha value is -0.910. The molecule has 0 atom stereocenters. The zero-order valence-corrected chi connectivity index (χ0v) is 21.7. The Morgan fingerprint density at radius 3 is 2.29 bits per heavy atom. The van der Waals surface area contributed by atoms with Crippen LogP contribution in [0.5, 0.6) is 0 Å². The molecule has 0 radical (unpaired) electrons. The molecular formula is C22H37IN4O3S. The third kappa shape index (κ3) is 8.18. The van der Waals surface area contributed by atoms with Gasteiger partial charge >= 0.3 is 0 Å².